The highest BCUT2D eigenvalue weighted by Crippen LogP contribution is 2.38. The standard InChI is InChI=1S/C20H19N3O4/c1-26-15-8-5-9-16(27-2)17(15)19(24)22-23-18(12-10-11-12)21-14-7-4-3-6-13(14)20(23)25/h3-9,12H,10-11H2,1-2H3,(H,22,24). The quantitative estimate of drug-likeness (QED) is 0.752. The van der Waals surface area contributed by atoms with Gasteiger partial charge < -0.3 is 9.47 Å². The smallest absolute Gasteiger partial charge is 0.280 e. The van der Waals surface area contributed by atoms with Crippen molar-refractivity contribution in [2.24, 2.45) is 0 Å². The highest BCUT2D eigenvalue weighted by molar-refractivity contribution is 6.04. The van der Waals surface area contributed by atoms with Crippen LogP contribution in [0, 0.1) is 0 Å². The van der Waals surface area contributed by atoms with E-state index >= 15 is 0 Å². The fourth-order valence-electron chi connectivity index (χ4n) is 3.11. The molecule has 0 atom stereocenters. The van der Waals surface area contributed by atoms with Crippen LogP contribution in [0.25, 0.3) is 10.9 Å². The van der Waals surface area contributed by atoms with Gasteiger partial charge in [0.05, 0.1) is 25.1 Å². The molecule has 7 nitrogen and oxygen atoms in total. The zero-order valence-electron chi connectivity index (χ0n) is 15.1. The van der Waals surface area contributed by atoms with Gasteiger partial charge in [-0.3, -0.25) is 15.0 Å². The lowest BCUT2D eigenvalue weighted by Gasteiger charge is -2.16. The van der Waals surface area contributed by atoms with Crippen molar-refractivity contribution >= 4 is 16.8 Å². The molecule has 4 rings (SSSR count). The molecule has 1 saturated carbocycles. The summed E-state index contributed by atoms with van der Waals surface area (Å²) < 4.78 is 11.8. The predicted molar refractivity (Wildman–Crippen MR) is 101 cm³/mol. The van der Waals surface area contributed by atoms with E-state index in [-0.39, 0.29) is 17.0 Å². The van der Waals surface area contributed by atoms with Crippen LogP contribution in [0.4, 0.5) is 0 Å². The zero-order chi connectivity index (χ0) is 19.0. The van der Waals surface area contributed by atoms with Crippen molar-refractivity contribution < 1.29 is 14.3 Å². The number of hydrogen-bond acceptors (Lipinski definition) is 5. The first kappa shape index (κ1) is 17.1. The first-order valence-corrected chi connectivity index (χ1v) is 8.68. The fraction of sp³-hybridized carbons (Fsp3) is 0.250. The zero-order valence-corrected chi connectivity index (χ0v) is 15.1. The van der Waals surface area contributed by atoms with Crippen LogP contribution in [0.2, 0.25) is 0 Å². The molecule has 0 spiro atoms. The Bertz CT molecular complexity index is 1060. The van der Waals surface area contributed by atoms with Crippen LogP contribution in [0.15, 0.2) is 47.3 Å². The predicted octanol–water partition coefficient (Wildman–Crippen LogP) is 2.68. The van der Waals surface area contributed by atoms with E-state index in [2.05, 4.69) is 10.4 Å². The van der Waals surface area contributed by atoms with Crippen LogP contribution in [0.5, 0.6) is 11.5 Å². The number of amides is 1. The summed E-state index contributed by atoms with van der Waals surface area (Å²) in [4.78, 5) is 30.6. The van der Waals surface area contributed by atoms with Crippen molar-refractivity contribution in [1.29, 1.82) is 0 Å². The number of rotatable bonds is 5. The molecule has 0 saturated heterocycles. The topological polar surface area (TPSA) is 82.4 Å². The average Bonchev–Trinajstić information content (AvgIpc) is 3.54. The second-order valence-corrected chi connectivity index (χ2v) is 6.38. The molecule has 7 heteroatoms. The number of benzene rings is 2. The molecule has 2 aromatic carbocycles. The van der Waals surface area contributed by atoms with Crippen molar-refractivity contribution in [3.8, 4) is 11.5 Å². The molecule has 1 fully saturated rings. The van der Waals surface area contributed by atoms with Gasteiger partial charge in [-0.2, -0.15) is 0 Å². The second kappa shape index (κ2) is 6.75. The molecule has 1 aliphatic rings. The van der Waals surface area contributed by atoms with E-state index in [4.69, 9.17) is 9.47 Å². The lowest BCUT2D eigenvalue weighted by Crippen LogP contribution is -2.36. The number of ether oxygens (including phenoxy) is 2. The van der Waals surface area contributed by atoms with Gasteiger partial charge in [0, 0.05) is 5.92 Å². The summed E-state index contributed by atoms with van der Waals surface area (Å²) in [5.74, 6) is 0.969. The van der Waals surface area contributed by atoms with Crippen molar-refractivity contribution in [3.05, 3.63) is 64.2 Å². The monoisotopic (exact) mass is 365 g/mol. The van der Waals surface area contributed by atoms with Crippen molar-refractivity contribution in [2.75, 3.05) is 19.6 Å². The molecular formula is C20H19N3O4. The number of nitrogens with one attached hydrogen (secondary N) is 1. The molecule has 1 amide bonds. The number of para-hydroxylation sites is 1. The summed E-state index contributed by atoms with van der Waals surface area (Å²) >= 11 is 0. The number of nitrogens with zero attached hydrogens (tertiary/aromatic N) is 2. The number of aromatic nitrogens is 2. The Balaban J connectivity index is 1.83. The van der Waals surface area contributed by atoms with Gasteiger partial charge in [0.1, 0.15) is 22.9 Å². The maximum absolute atomic E-state index is 13.0. The van der Waals surface area contributed by atoms with Crippen molar-refractivity contribution in [1.82, 2.24) is 9.66 Å². The molecule has 0 aliphatic heterocycles. The SMILES string of the molecule is COc1cccc(OC)c1C(=O)Nn1c(C2CC2)nc2ccccc2c1=O. The Hall–Kier alpha value is -3.35. The molecule has 138 valence electrons. The number of methoxy groups -OCH3 is 2. The summed E-state index contributed by atoms with van der Waals surface area (Å²) in [5.41, 5.74) is 3.26. The van der Waals surface area contributed by atoms with Gasteiger partial charge in [-0.15, -0.1) is 0 Å². The summed E-state index contributed by atoms with van der Waals surface area (Å²) in [6, 6.07) is 12.2. The van der Waals surface area contributed by atoms with Crippen LogP contribution < -0.4 is 20.5 Å². The lowest BCUT2D eigenvalue weighted by molar-refractivity contribution is 0.1000. The maximum Gasteiger partial charge on any atom is 0.280 e. The second-order valence-electron chi connectivity index (χ2n) is 6.38. The molecule has 0 bridgehead atoms. The molecular weight excluding hydrogens is 346 g/mol. The third-order valence-electron chi connectivity index (χ3n) is 4.61. The largest absolute Gasteiger partial charge is 0.496 e. The van der Waals surface area contributed by atoms with E-state index in [1.54, 1.807) is 36.4 Å². The summed E-state index contributed by atoms with van der Waals surface area (Å²) in [6.45, 7) is 0. The van der Waals surface area contributed by atoms with Crippen LogP contribution in [-0.2, 0) is 0 Å². The maximum atomic E-state index is 13.0. The van der Waals surface area contributed by atoms with E-state index < -0.39 is 5.91 Å². The van der Waals surface area contributed by atoms with Crippen LogP contribution in [-0.4, -0.2) is 29.8 Å². The van der Waals surface area contributed by atoms with E-state index in [1.807, 2.05) is 6.07 Å². The third-order valence-corrected chi connectivity index (χ3v) is 4.61. The van der Waals surface area contributed by atoms with E-state index in [0.717, 1.165) is 12.8 Å². The van der Waals surface area contributed by atoms with E-state index in [9.17, 15) is 9.59 Å². The Morgan fingerprint density at radius 3 is 2.37 bits per heavy atom. The van der Waals surface area contributed by atoms with Gasteiger partial charge in [-0.05, 0) is 37.1 Å². The fourth-order valence-corrected chi connectivity index (χ4v) is 3.11. The molecule has 3 aromatic rings. The van der Waals surface area contributed by atoms with Gasteiger partial charge in [-0.25, -0.2) is 9.66 Å². The highest BCUT2D eigenvalue weighted by atomic mass is 16.5. The Morgan fingerprint density at radius 2 is 1.74 bits per heavy atom. The lowest BCUT2D eigenvalue weighted by atomic mass is 10.1. The molecule has 1 aliphatic carbocycles. The Kier molecular flexibility index (Phi) is 4.27. The summed E-state index contributed by atoms with van der Waals surface area (Å²) in [7, 11) is 2.95. The Morgan fingerprint density at radius 1 is 1.07 bits per heavy atom. The normalized spacial score (nSPS) is 13.4. The number of carbonyl (C=O) groups is 1. The number of fused-ring (bicyclic) bond motifs is 1. The van der Waals surface area contributed by atoms with E-state index in [1.165, 1.54) is 18.9 Å². The molecule has 1 aromatic heterocycles. The van der Waals surface area contributed by atoms with E-state index in [0.29, 0.717) is 28.2 Å². The van der Waals surface area contributed by atoms with Crippen LogP contribution in [0.1, 0.15) is 34.9 Å². The summed E-state index contributed by atoms with van der Waals surface area (Å²) in [5, 5.41) is 0.453. The minimum atomic E-state index is -0.495. The third kappa shape index (κ3) is 3.01. The first-order chi connectivity index (χ1) is 13.1. The minimum Gasteiger partial charge on any atom is -0.496 e. The average molecular weight is 365 g/mol. The first-order valence-electron chi connectivity index (χ1n) is 8.68. The molecule has 0 unspecified atom stereocenters. The van der Waals surface area contributed by atoms with Crippen molar-refractivity contribution in [3.63, 3.8) is 0 Å². The summed E-state index contributed by atoms with van der Waals surface area (Å²) in [6.07, 6.45) is 1.89. The number of carbonyl (C=O) groups excluding carboxylic acids is 1. The minimum absolute atomic E-state index is 0.169. The van der Waals surface area contributed by atoms with Crippen LogP contribution in [0.3, 0.4) is 0 Å². The van der Waals surface area contributed by atoms with Crippen LogP contribution >= 0.6 is 0 Å². The van der Waals surface area contributed by atoms with Gasteiger partial charge >= 0.3 is 0 Å². The number of hydrogen-bond donors (Lipinski definition) is 1. The highest BCUT2D eigenvalue weighted by Gasteiger charge is 2.30. The molecule has 1 heterocycles. The van der Waals surface area contributed by atoms with Gasteiger partial charge in [-0.1, -0.05) is 18.2 Å². The van der Waals surface area contributed by atoms with Gasteiger partial charge in [0.2, 0.25) is 0 Å². The molecule has 1 N–H and O–H groups in total. The van der Waals surface area contributed by atoms with Crippen molar-refractivity contribution in [2.45, 2.75) is 18.8 Å². The molecule has 0 radical (unpaired) electrons. The Labute approximate surface area is 155 Å². The van der Waals surface area contributed by atoms with Gasteiger partial charge in [0.25, 0.3) is 11.5 Å². The van der Waals surface area contributed by atoms with Gasteiger partial charge in [0.15, 0.2) is 0 Å². The molecule has 27 heavy (non-hydrogen) atoms.